The van der Waals surface area contributed by atoms with Crippen molar-refractivity contribution in [2.75, 3.05) is 10.6 Å². The Balaban J connectivity index is 2.01. The Morgan fingerprint density at radius 2 is 1.94 bits per heavy atom. The predicted octanol–water partition coefficient (Wildman–Crippen LogP) is 3.80. The molecule has 2 aromatic rings. The number of pyridine rings is 1. The minimum absolute atomic E-state index is 0.306. The van der Waals surface area contributed by atoms with E-state index in [4.69, 9.17) is 0 Å². The van der Waals surface area contributed by atoms with Gasteiger partial charge in [0, 0.05) is 16.4 Å². The van der Waals surface area contributed by atoms with Crippen LogP contribution in [0.2, 0.25) is 0 Å². The second-order valence-electron chi connectivity index (χ2n) is 3.76. The summed E-state index contributed by atoms with van der Waals surface area (Å²) in [6, 6.07) is 10.8. The van der Waals surface area contributed by atoms with Gasteiger partial charge in [0.25, 0.3) is 0 Å². The van der Waals surface area contributed by atoms with E-state index >= 15 is 0 Å². The maximum absolute atomic E-state index is 11.7. The highest BCUT2D eigenvalue weighted by atomic mass is 79.9. The van der Waals surface area contributed by atoms with Gasteiger partial charge in [-0.15, -0.1) is 0 Å². The number of urea groups is 1. The predicted molar refractivity (Wildman–Crippen MR) is 75.8 cm³/mol. The molecule has 1 aromatic carbocycles. The van der Waals surface area contributed by atoms with Gasteiger partial charge < -0.3 is 5.32 Å². The fraction of sp³-hybridized carbons (Fsp3) is 0.0769. The normalized spacial score (nSPS) is 9.89. The number of amides is 2. The van der Waals surface area contributed by atoms with Crippen molar-refractivity contribution in [2.45, 2.75) is 6.92 Å². The first-order valence-electron chi connectivity index (χ1n) is 5.40. The fourth-order valence-corrected chi connectivity index (χ4v) is 1.67. The quantitative estimate of drug-likeness (QED) is 0.886. The second-order valence-corrected chi connectivity index (χ2v) is 4.67. The molecule has 0 fully saturated rings. The van der Waals surface area contributed by atoms with Crippen LogP contribution in [-0.4, -0.2) is 11.0 Å². The van der Waals surface area contributed by atoms with Crippen LogP contribution in [-0.2, 0) is 0 Å². The zero-order valence-corrected chi connectivity index (χ0v) is 11.4. The Morgan fingerprint density at radius 1 is 1.17 bits per heavy atom. The second kappa shape index (κ2) is 5.64. The molecule has 0 aliphatic heterocycles. The molecule has 18 heavy (non-hydrogen) atoms. The highest BCUT2D eigenvalue weighted by molar-refractivity contribution is 9.10. The van der Waals surface area contributed by atoms with Crippen molar-refractivity contribution in [3.63, 3.8) is 0 Å². The molecular formula is C13H12BrN3O. The molecule has 2 N–H and O–H groups in total. The smallest absolute Gasteiger partial charge is 0.307 e. The van der Waals surface area contributed by atoms with Crippen LogP contribution in [0.5, 0.6) is 0 Å². The zero-order valence-electron chi connectivity index (χ0n) is 9.77. The molecule has 0 spiro atoms. The van der Waals surface area contributed by atoms with Gasteiger partial charge in [-0.1, -0.05) is 18.2 Å². The van der Waals surface area contributed by atoms with Crippen molar-refractivity contribution in [1.29, 1.82) is 0 Å². The molecule has 0 saturated carbocycles. The molecule has 0 bridgehead atoms. The molecule has 0 radical (unpaired) electrons. The van der Waals surface area contributed by atoms with E-state index in [1.165, 1.54) is 0 Å². The highest BCUT2D eigenvalue weighted by Gasteiger charge is 2.04. The summed E-state index contributed by atoms with van der Waals surface area (Å²) in [5.41, 5.74) is 1.79. The summed E-state index contributed by atoms with van der Waals surface area (Å²) in [5, 5.41) is 5.43. The van der Waals surface area contributed by atoms with Crippen LogP contribution < -0.4 is 10.6 Å². The number of nitrogens with zero attached hydrogens (tertiary/aromatic N) is 1. The molecule has 2 amide bonds. The first-order chi connectivity index (χ1) is 8.65. The number of para-hydroxylation sites is 1. The molecule has 1 aromatic heterocycles. The van der Waals surface area contributed by atoms with E-state index in [1.807, 2.05) is 37.3 Å². The van der Waals surface area contributed by atoms with Crippen molar-refractivity contribution in [3.05, 3.63) is 52.6 Å². The monoisotopic (exact) mass is 305 g/mol. The minimum atomic E-state index is -0.306. The van der Waals surface area contributed by atoms with Gasteiger partial charge in [0.15, 0.2) is 0 Å². The number of carbonyl (C=O) groups is 1. The number of aromatic nitrogens is 1. The number of benzene rings is 1. The summed E-state index contributed by atoms with van der Waals surface area (Å²) in [7, 11) is 0. The lowest BCUT2D eigenvalue weighted by molar-refractivity contribution is 0.262. The van der Waals surface area contributed by atoms with Crippen LogP contribution in [0, 0.1) is 6.92 Å². The zero-order chi connectivity index (χ0) is 13.0. The lowest BCUT2D eigenvalue weighted by atomic mass is 10.2. The standard InChI is InChI=1S/C13H12BrN3O/c1-9-4-2-3-5-11(9)16-13(18)17-12-7-6-10(14)8-15-12/h2-8H,1H3,(H2,15,16,17,18). The third-order valence-electron chi connectivity index (χ3n) is 2.36. The molecule has 92 valence electrons. The van der Waals surface area contributed by atoms with E-state index in [9.17, 15) is 4.79 Å². The molecular weight excluding hydrogens is 294 g/mol. The number of aryl methyl sites for hydroxylation is 1. The highest BCUT2D eigenvalue weighted by Crippen LogP contribution is 2.14. The van der Waals surface area contributed by atoms with Crippen LogP contribution in [0.15, 0.2) is 47.1 Å². The van der Waals surface area contributed by atoms with Gasteiger partial charge in [-0.05, 0) is 46.6 Å². The number of hydrogen-bond acceptors (Lipinski definition) is 2. The lowest BCUT2D eigenvalue weighted by Gasteiger charge is -2.09. The molecule has 0 saturated heterocycles. The summed E-state index contributed by atoms with van der Waals surface area (Å²) in [5.74, 6) is 0.504. The third-order valence-corrected chi connectivity index (χ3v) is 2.83. The summed E-state index contributed by atoms with van der Waals surface area (Å²) in [4.78, 5) is 15.8. The maximum atomic E-state index is 11.7. The van der Waals surface area contributed by atoms with Gasteiger partial charge >= 0.3 is 6.03 Å². The first-order valence-corrected chi connectivity index (χ1v) is 6.19. The van der Waals surface area contributed by atoms with Crippen LogP contribution in [0.4, 0.5) is 16.3 Å². The first kappa shape index (κ1) is 12.6. The summed E-state index contributed by atoms with van der Waals surface area (Å²) < 4.78 is 0.868. The Kier molecular flexibility index (Phi) is 3.94. The van der Waals surface area contributed by atoms with E-state index in [-0.39, 0.29) is 6.03 Å². The van der Waals surface area contributed by atoms with Gasteiger partial charge in [-0.3, -0.25) is 5.32 Å². The average molecular weight is 306 g/mol. The lowest BCUT2D eigenvalue weighted by Crippen LogP contribution is -2.20. The molecule has 0 atom stereocenters. The summed E-state index contributed by atoms with van der Waals surface area (Å²) in [6.45, 7) is 1.94. The number of anilines is 2. The summed E-state index contributed by atoms with van der Waals surface area (Å²) in [6.07, 6.45) is 1.63. The van der Waals surface area contributed by atoms with Gasteiger partial charge in [-0.2, -0.15) is 0 Å². The number of halogens is 1. The third kappa shape index (κ3) is 3.30. The molecule has 5 heteroatoms. The fourth-order valence-electron chi connectivity index (χ4n) is 1.43. The van der Waals surface area contributed by atoms with Crippen molar-refractivity contribution >= 4 is 33.5 Å². The van der Waals surface area contributed by atoms with Crippen molar-refractivity contribution < 1.29 is 4.79 Å². The minimum Gasteiger partial charge on any atom is -0.307 e. The van der Waals surface area contributed by atoms with Crippen molar-refractivity contribution in [3.8, 4) is 0 Å². The molecule has 0 aliphatic rings. The van der Waals surface area contributed by atoms with E-state index in [1.54, 1.807) is 12.3 Å². The largest absolute Gasteiger partial charge is 0.324 e. The van der Waals surface area contributed by atoms with Crippen LogP contribution in [0.3, 0.4) is 0 Å². The Labute approximate surface area is 114 Å². The number of nitrogens with one attached hydrogen (secondary N) is 2. The van der Waals surface area contributed by atoms with Crippen molar-refractivity contribution in [2.24, 2.45) is 0 Å². The SMILES string of the molecule is Cc1ccccc1NC(=O)Nc1ccc(Br)cn1. The van der Waals surface area contributed by atoms with Crippen molar-refractivity contribution in [1.82, 2.24) is 4.98 Å². The topological polar surface area (TPSA) is 54.0 Å². The van der Waals surface area contributed by atoms with Crippen LogP contribution in [0.25, 0.3) is 0 Å². The number of rotatable bonds is 2. The molecule has 0 aliphatic carbocycles. The number of carbonyl (C=O) groups excluding carboxylic acids is 1. The Bertz CT molecular complexity index is 554. The number of hydrogen-bond donors (Lipinski definition) is 2. The summed E-state index contributed by atoms with van der Waals surface area (Å²) >= 11 is 3.28. The van der Waals surface area contributed by atoms with Gasteiger partial charge in [-0.25, -0.2) is 9.78 Å². The van der Waals surface area contributed by atoms with E-state index in [2.05, 4.69) is 31.5 Å². The molecule has 2 rings (SSSR count). The molecule has 4 nitrogen and oxygen atoms in total. The van der Waals surface area contributed by atoms with Gasteiger partial charge in [0.1, 0.15) is 5.82 Å². The molecule has 1 heterocycles. The Morgan fingerprint density at radius 3 is 2.61 bits per heavy atom. The van der Waals surface area contributed by atoms with E-state index in [0.29, 0.717) is 5.82 Å². The molecule has 0 unspecified atom stereocenters. The van der Waals surface area contributed by atoms with Crippen LogP contribution >= 0.6 is 15.9 Å². The average Bonchev–Trinajstić information content (AvgIpc) is 2.35. The Hall–Kier alpha value is -1.88. The maximum Gasteiger partial charge on any atom is 0.324 e. The van der Waals surface area contributed by atoms with Crippen LogP contribution in [0.1, 0.15) is 5.56 Å². The van der Waals surface area contributed by atoms with Gasteiger partial charge in [0.05, 0.1) is 0 Å². The van der Waals surface area contributed by atoms with E-state index < -0.39 is 0 Å². The van der Waals surface area contributed by atoms with E-state index in [0.717, 1.165) is 15.7 Å². The van der Waals surface area contributed by atoms with Gasteiger partial charge in [0.2, 0.25) is 0 Å².